The molecule has 0 aromatic carbocycles. The molecule has 0 spiro atoms. The summed E-state index contributed by atoms with van der Waals surface area (Å²) in [6.45, 7) is 4.51. The number of anilines is 2. The molecule has 1 heterocycles. The zero-order valence-electron chi connectivity index (χ0n) is 22.9. The fraction of sp³-hybridized carbons (Fsp3) is 0.800. The van der Waals surface area contributed by atoms with Crippen LogP contribution in [0, 0.1) is 0 Å². The van der Waals surface area contributed by atoms with Crippen LogP contribution in [0.25, 0.3) is 0 Å². The van der Waals surface area contributed by atoms with Crippen molar-refractivity contribution in [1.29, 1.82) is 0 Å². The molecule has 1 aromatic rings. The molecule has 2 amide bonds. The Morgan fingerprint density at radius 1 is 0.514 bits per heavy atom. The van der Waals surface area contributed by atoms with Crippen LogP contribution in [0.1, 0.15) is 155 Å². The number of hydrogen-bond donors (Lipinski definition) is 2. The molecule has 0 bridgehead atoms. The fourth-order valence-corrected chi connectivity index (χ4v) is 5.96. The maximum absolute atomic E-state index is 12.4. The Labute approximate surface area is 222 Å². The van der Waals surface area contributed by atoms with E-state index in [-0.39, 0.29) is 26.3 Å². The predicted molar refractivity (Wildman–Crippen MR) is 154 cm³/mol. The van der Waals surface area contributed by atoms with E-state index in [0.717, 1.165) is 37.1 Å². The third-order valence-corrected chi connectivity index (χ3v) is 8.28. The summed E-state index contributed by atoms with van der Waals surface area (Å²) in [5.74, 6) is 0.145. The Morgan fingerprint density at radius 3 is 1.11 bits per heavy atom. The van der Waals surface area contributed by atoms with Gasteiger partial charge in [0.1, 0.15) is 0 Å². The van der Waals surface area contributed by atoms with Crippen molar-refractivity contribution >= 4 is 37.7 Å². The predicted octanol–water partition coefficient (Wildman–Crippen LogP) is 9.24. The van der Waals surface area contributed by atoms with E-state index in [9.17, 15) is 9.59 Å². The summed E-state index contributed by atoms with van der Waals surface area (Å²) in [7, 11) is 0. The summed E-state index contributed by atoms with van der Waals surface area (Å²) in [5.41, 5.74) is 1.61. The fourth-order valence-electron chi connectivity index (χ4n) is 4.46. The van der Waals surface area contributed by atoms with E-state index in [2.05, 4.69) is 34.4 Å². The average Bonchev–Trinajstić information content (AvgIpc) is 3.27. The molecule has 2 N–H and O–H groups in total. The number of amides is 2. The second-order valence-corrected chi connectivity index (χ2v) is 11.7. The molecular formula is C30H54N2O2Se. The number of rotatable bonds is 24. The van der Waals surface area contributed by atoms with Crippen LogP contribution in [0.15, 0.2) is 9.88 Å². The molecule has 0 aliphatic heterocycles. The number of carbonyl (C=O) groups excluding carboxylic acids is 2. The van der Waals surface area contributed by atoms with Crippen molar-refractivity contribution in [2.45, 2.75) is 155 Å². The summed E-state index contributed by atoms with van der Waals surface area (Å²) in [4.78, 5) is 28.8. The van der Waals surface area contributed by atoms with Crippen LogP contribution in [0.5, 0.6) is 0 Å². The van der Waals surface area contributed by atoms with Gasteiger partial charge in [0.25, 0.3) is 0 Å². The third-order valence-electron chi connectivity index (χ3n) is 6.72. The summed E-state index contributed by atoms with van der Waals surface area (Å²) < 4.78 is 0. The average molecular weight is 554 g/mol. The number of hydrogen-bond acceptors (Lipinski definition) is 2. The molecule has 1 aromatic heterocycles. The Hall–Kier alpha value is -1.06. The Morgan fingerprint density at radius 2 is 0.800 bits per heavy atom. The quantitative estimate of drug-likeness (QED) is 0.0990. The van der Waals surface area contributed by atoms with Crippen LogP contribution in [0.3, 0.4) is 0 Å². The summed E-state index contributed by atoms with van der Waals surface area (Å²) >= 11 is 0.208. The van der Waals surface area contributed by atoms with Gasteiger partial charge in [0.05, 0.1) is 0 Å². The maximum atomic E-state index is 12.4. The Kier molecular flexibility index (Phi) is 21.3. The van der Waals surface area contributed by atoms with Crippen molar-refractivity contribution < 1.29 is 9.59 Å². The second-order valence-electron chi connectivity index (χ2n) is 10.2. The first-order valence-electron chi connectivity index (χ1n) is 14.8. The van der Waals surface area contributed by atoms with E-state index in [1.807, 2.05) is 0 Å². The molecule has 35 heavy (non-hydrogen) atoms. The first-order chi connectivity index (χ1) is 17.2. The molecule has 4 nitrogen and oxygen atoms in total. The molecule has 0 atom stereocenters. The first kappa shape index (κ1) is 32.0. The topological polar surface area (TPSA) is 58.2 Å². The van der Waals surface area contributed by atoms with Crippen molar-refractivity contribution in [2.24, 2.45) is 0 Å². The molecule has 0 fully saturated rings. The molecule has 0 saturated heterocycles. The number of carbonyl (C=O) groups is 2. The van der Waals surface area contributed by atoms with Crippen molar-refractivity contribution in [1.82, 2.24) is 0 Å². The number of unbranched alkanes of at least 4 members (excludes halogenated alkanes) is 18. The molecular weight excluding hydrogens is 499 g/mol. The molecule has 5 heteroatoms. The summed E-state index contributed by atoms with van der Waals surface area (Å²) in [6, 6.07) is 0. The van der Waals surface area contributed by atoms with E-state index >= 15 is 0 Å². The summed E-state index contributed by atoms with van der Waals surface area (Å²) in [6.07, 6.45) is 26.6. The first-order valence-corrected chi connectivity index (χ1v) is 16.8. The third kappa shape index (κ3) is 18.8. The van der Waals surface area contributed by atoms with E-state index in [0.29, 0.717) is 12.8 Å². The van der Waals surface area contributed by atoms with E-state index in [1.165, 1.54) is 103 Å². The van der Waals surface area contributed by atoms with Gasteiger partial charge in [0.2, 0.25) is 0 Å². The van der Waals surface area contributed by atoms with Gasteiger partial charge in [0.15, 0.2) is 0 Å². The van der Waals surface area contributed by atoms with Crippen LogP contribution in [-0.2, 0) is 9.59 Å². The van der Waals surface area contributed by atoms with Gasteiger partial charge in [-0.2, -0.15) is 0 Å². The van der Waals surface area contributed by atoms with Gasteiger partial charge < -0.3 is 0 Å². The minimum absolute atomic E-state index is 0.0726. The zero-order chi connectivity index (χ0) is 25.4. The molecule has 1 rings (SSSR count). The Balaban J connectivity index is 2.06. The van der Waals surface area contributed by atoms with Gasteiger partial charge in [-0.25, -0.2) is 0 Å². The molecule has 0 radical (unpaired) electrons. The molecule has 0 unspecified atom stereocenters. The van der Waals surface area contributed by atoms with Gasteiger partial charge in [-0.1, -0.05) is 52.4 Å². The van der Waals surface area contributed by atoms with Crippen LogP contribution < -0.4 is 10.6 Å². The molecule has 0 saturated carbocycles. The van der Waals surface area contributed by atoms with Crippen molar-refractivity contribution in [3.63, 3.8) is 0 Å². The monoisotopic (exact) mass is 554 g/mol. The minimum atomic E-state index is 0.0726. The van der Waals surface area contributed by atoms with Gasteiger partial charge in [-0.15, -0.1) is 0 Å². The molecule has 0 aliphatic carbocycles. The van der Waals surface area contributed by atoms with Crippen molar-refractivity contribution in [2.75, 3.05) is 10.6 Å². The Bertz CT molecular complexity index is 592. The van der Waals surface area contributed by atoms with Gasteiger partial charge >= 0.3 is 171 Å². The van der Waals surface area contributed by atoms with E-state index in [4.69, 9.17) is 0 Å². The van der Waals surface area contributed by atoms with Crippen molar-refractivity contribution in [3.05, 3.63) is 9.88 Å². The van der Waals surface area contributed by atoms with Gasteiger partial charge in [0, 0.05) is 0 Å². The summed E-state index contributed by atoms with van der Waals surface area (Å²) in [5, 5.41) is 6.06. The van der Waals surface area contributed by atoms with E-state index < -0.39 is 0 Å². The normalized spacial score (nSPS) is 11.0. The second kappa shape index (κ2) is 23.3. The standard InChI is InChI=1S/C30H54N2O2Se/c1-3-5-7-9-11-13-15-17-19-21-23-29(33)31-27-25-35-26-28(27)32-30(34)24-22-20-18-16-14-12-10-8-6-4-2/h25-26H,3-24H2,1-2H3,(H,31,33)(H,32,34). The van der Waals surface area contributed by atoms with Crippen LogP contribution in [0.2, 0.25) is 0 Å². The van der Waals surface area contributed by atoms with Gasteiger partial charge in [-0.3, -0.25) is 0 Å². The van der Waals surface area contributed by atoms with E-state index in [1.54, 1.807) is 0 Å². The van der Waals surface area contributed by atoms with Crippen LogP contribution in [-0.4, -0.2) is 26.3 Å². The van der Waals surface area contributed by atoms with Crippen LogP contribution >= 0.6 is 0 Å². The molecule has 202 valence electrons. The van der Waals surface area contributed by atoms with Crippen molar-refractivity contribution in [3.8, 4) is 0 Å². The zero-order valence-corrected chi connectivity index (χ0v) is 24.6. The molecule has 0 aliphatic rings. The van der Waals surface area contributed by atoms with Crippen LogP contribution in [0.4, 0.5) is 11.4 Å². The minimum Gasteiger partial charge on any atom is -0.0654 e. The smallest absolute Gasteiger partial charge is 0.0654 e. The van der Waals surface area contributed by atoms with Gasteiger partial charge in [-0.05, 0) is 0 Å². The number of nitrogens with one attached hydrogen (secondary N) is 2. The SMILES string of the molecule is CCCCCCCCCCCCC(=O)Nc1c[se]cc1NC(=O)CCCCCCCCCCCC.